The number of carboxylic acids is 1. The molecule has 2 amide bonds. The number of thioether (sulfide) groups is 1. The molecule has 0 aromatic carbocycles. The van der Waals surface area contributed by atoms with Gasteiger partial charge in [0, 0.05) is 17.8 Å². The Morgan fingerprint density at radius 3 is 2.86 bits per heavy atom. The van der Waals surface area contributed by atoms with Crippen molar-refractivity contribution in [3.63, 3.8) is 0 Å². The highest BCUT2D eigenvalue weighted by atomic mass is 32.2. The van der Waals surface area contributed by atoms with Gasteiger partial charge in [-0.1, -0.05) is 6.42 Å². The van der Waals surface area contributed by atoms with Crippen LogP contribution in [0.3, 0.4) is 0 Å². The number of likely N-dealkylation sites (tertiary alicyclic amines) is 1. The molecular weight excluding hydrogens is 288 g/mol. The third kappa shape index (κ3) is 2.87. The van der Waals surface area contributed by atoms with E-state index in [1.54, 1.807) is 4.90 Å². The van der Waals surface area contributed by atoms with Crippen molar-refractivity contribution < 1.29 is 14.7 Å². The molecule has 3 aliphatic rings. The maximum Gasteiger partial charge on any atom is 0.326 e. The van der Waals surface area contributed by atoms with Crippen molar-refractivity contribution in [1.82, 2.24) is 10.2 Å². The Morgan fingerprint density at radius 1 is 1.38 bits per heavy atom. The molecule has 0 aromatic heterocycles. The Morgan fingerprint density at radius 2 is 2.19 bits per heavy atom. The number of aliphatic carboxylic acids is 1. The highest BCUT2D eigenvalue weighted by Crippen LogP contribution is 2.42. The van der Waals surface area contributed by atoms with Gasteiger partial charge in [-0.15, -0.1) is 0 Å². The van der Waals surface area contributed by atoms with E-state index in [1.807, 2.05) is 11.8 Å². The molecule has 1 aliphatic carbocycles. The molecule has 0 aromatic rings. The molecule has 4 unspecified atom stereocenters. The van der Waals surface area contributed by atoms with Crippen LogP contribution in [0.25, 0.3) is 0 Å². The number of amides is 2. The predicted octanol–water partition coefficient (Wildman–Crippen LogP) is 2.17. The van der Waals surface area contributed by atoms with E-state index >= 15 is 0 Å². The number of carbonyl (C=O) groups is 2. The second-order valence-corrected chi connectivity index (χ2v) is 8.53. The zero-order valence-corrected chi connectivity index (χ0v) is 13.3. The number of urea groups is 1. The molecule has 0 bridgehead atoms. The summed E-state index contributed by atoms with van der Waals surface area (Å²) in [6.45, 7) is 3.42. The number of nitrogens with one attached hydrogen (secondary N) is 1. The van der Waals surface area contributed by atoms with E-state index in [0.29, 0.717) is 19.0 Å². The van der Waals surface area contributed by atoms with Gasteiger partial charge in [-0.05, 0) is 50.2 Å². The molecule has 2 aliphatic heterocycles. The molecule has 21 heavy (non-hydrogen) atoms. The fraction of sp³-hybridized carbons (Fsp3) is 0.867. The molecule has 2 N–H and O–H groups in total. The summed E-state index contributed by atoms with van der Waals surface area (Å²) in [6, 6.07) is -0.813. The number of carbonyl (C=O) groups excluding carboxylic acids is 1. The van der Waals surface area contributed by atoms with Crippen LogP contribution in [-0.2, 0) is 4.79 Å². The maximum atomic E-state index is 12.4. The zero-order valence-electron chi connectivity index (χ0n) is 12.5. The first-order valence-electron chi connectivity index (χ1n) is 7.91. The molecule has 0 radical (unpaired) electrons. The molecular formula is C15H24N2O3S. The molecule has 3 rings (SSSR count). The van der Waals surface area contributed by atoms with E-state index in [1.165, 1.54) is 6.42 Å². The monoisotopic (exact) mass is 312 g/mol. The summed E-state index contributed by atoms with van der Waals surface area (Å²) in [5, 5.41) is 12.5. The van der Waals surface area contributed by atoms with E-state index in [4.69, 9.17) is 0 Å². The summed E-state index contributed by atoms with van der Waals surface area (Å²) in [4.78, 5) is 25.6. The molecule has 4 atom stereocenters. The number of carboxylic acid groups (broad SMARTS) is 1. The van der Waals surface area contributed by atoms with E-state index in [9.17, 15) is 14.7 Å². The molecule has 118 valence electrons. The van der Waals surface area contributed by atoms with Crippen molar-refractivity contribution in [2.75, 3.05) is 18.8 Å². The summed E-state index contributed by atoms with van der Waals surface area (Å²) in [5.74, 6) is 0.844. The van der Waals surface area contributed by atoms with Gasteiger partial charge < -0.3 is 15.3 Å². The molecule has 6 heteroatoms. The third-order valence-corrected chi connectivity index (χ3v) is 6.86. The van der Waals surface area contributed by atoms with Crippen LogP contribution in [0.15, 0.2) is 0 Å². The van der Waals surface area contributed by atoms with Crippen LogP contribution in [-0.4, -0.2) is 51.6 Å². The SMILES string of the molecule is CC1(CNC(=O)N2CC3CCCC3C2C(=O)O)CCCS1. The first kappa shape index (κ1) is 15.0. The molecule has 2 saturated heterocycles. The van der Waals surface area contributed by atoms with Crippen LogP contribution in [0.2, 0.25) is 0 Å². The van der Waals surface area contributed by atoms with Crippen LogP contribution in [0.1, 0.15) is 39.0 Å². The Bertz CT molecular complexity index is 437. The Labute approximate surface area is 129 Å². The Balaban J connectivity index is 1.62. The van der Waals surface area contributed by atoms with Crippen molar-refractivity contribution in [2.45, 2.75) is 49.8 Å². The largest absolute Gasteiger partial charge is 0.480 e. The Hall–Kier alpha value is -0.910. The van der Waals surface area contributed by atoms with Crippen molar-refractivity contribution in [3.8, 4) is 0 Å². The van der Waals surface area contributed by atoms with Crippen molar-refractivity contribution in [3.05, 3.63) is 0 Å². The average molecular weight is 312 g/mol. The molecule has 0 spiro atoms. The predicted molar refractivity (Wildman–Crippen MR) is 82.5 cm³/mol. The summed E-state index contributed by atoms with van der Waals surface area (Å²) in [7, 11) is 0. The van der Waals surface area contributed by atoms with E-state index in [-0.39, 0.29) is 16.7 Å². The van der Waals surface area contributed by atoms with E-state index in [2.05, 4.69) is 12.2 Å². The van der Waals surface area contributed by atoms with Gasteiger partial charge in [0.2, 0.25) is 0 Å². The minimum atomic E-state index is -0.846. The molecule has 2 heterocycles. The fourth-order valence-electron chi connectivity index (χ4n) is 4.17. The van der Waals surface area contributed by atoms with Crippen LogP contribution in [0.5, 0.6) is 0 Å². The van der Waals surface area contributed by atoms with Crippen molar-refractivity contribution >= 4 is 23.8 Å². The topological polar surface area (TPSA) is 69.6 Å². The zero-order chi connectivity index (χ0) is 15.0. The second kappa shape index (κ2) is 5.71. The first-order chi connectivity index (χ1) is 10.0. The van der Waals surface area contributed by atoms with Crippen LogP contribution in [0, 0.1) is 11.8 Å². The van der Waals surface area contributed by atoms with E-state index in [0.717, 1.165) is 31.4 Å². The highest BCUT2D eigenvalue weighted by Gasteiger charge is 2.49. The number of rotatable bonds is 3. The lowest BCUT2D eigenvalue weighted by molar-refractivity contribution is -0.142. The highest BCUT2D eigenvalue weighted by molar-refractivity contribution is 8.00. The van der Waals surface area contributed by atoms with Crippen LogP contribution < -0.4 is 5.32 Å². The number of fused-ring (bicyclic) bond motifs is 1. The normalized spacial score (nSPS) is 38.5. The van der Waals surface area contributed by atoms with Gasteiger partial charge in [0.05, 0.1) is 0 Å². The standard InChI is InChI=1S/C15H24N2O3S/c1-15(6-3-7-21-15)9-16-14(20)17-8-10-4-2-5-11(10)12(17)13(18)19/h10-12H,2-9H2,1H3,(H,16,20)(H,18,19). The summed E-state index contributed by atoms with van der Waals surface area (Å²) in [5.41, 5.74) is 0. The van der Waals surface area contributed by atoms with Gasteiger partial charge in [-0.25, -0.2) is 9.59 Å². The molecule has 1 saturated carbocycles. The van der Waals surface area contributed by atoms with Gasteiger partial charge in [0.15, 0.2) is 0 Å². The van der Waals surface area contributed by atoms with Gasteiger partial charge in [0.1, 0.15) is 6.04 Å². The minimum absolute atomic E-state index is 0.115. The molecule has 3 fully saturated rings. The number of hydrogen-bond acceptors (Lipinski definition) is 3. The Kier molecular flexibility index (Phi) is 4.08. The van der Waals surface area contributed by atoms with Gasteiger partial charge >= 0.3 is 12.0 Å². The van der Waals surface area contributed by atoms with Crippen LogP contribution >= 0.6 is 11.8 Å². The maximum absolute atomic E-state index is 12.4. The minimum Gasteiger partial charge on any atom is -0.480 e. The lowest BCUT2D eigenvalue weighted by Crippen LogP contribution is -2.50. The third-order valence-electron chi connectivity index (χ3n) is 5.32. The van der Waals surface area contributed by atoms with E-state index < -0.39 is 12.0 Å². The lowest BCUT2D eigenvalue weighted by atomic mass is 9.94. The second-order valence-electron chi connectivity index (χ2n) is 6.85. The van der Waals surface area contributed by atoms with Crippen molar-refractivity contribution in [1.29, 1.82) is 0 Å². The van der Waals surface area contributed by atoms with Crippen LogP contribution in [0.4, 0.5) is 4.79 Å². The van der Waals surface area contributed by atoms with Gasteiger partial charge in [0.25, 0.3) is 0 Å². The average Bonchev–Trinajstić information content (AvgIpc) is 3.10. The van der Waals surface area contributed by atoms with Crippen molar-refractivity contribution in [2.24, 2.45) is 11.8 Å². The number of hydrogen-bond donors (Lipinski definition) is 2. The fourth-order valence-corrected chi connectivity index (χ4v) is 5.42. The lowest BCUT2D eigenvalue weighted by Gasteiger charge is -2.28. The smallest absolute Gasteiger partial charge is 0.326 e. The first-order valence-corrected chi connectivity index (χ1v) is 8.90. The molecule has 5 nitrogen and oxygen atoms in total. The quantitative estimate of drug-likeness (QED) is 0.838. The summed E-state index contributed by atoms with van der Waals surface area (Å²) < 4.78 is 0.115. The summed E-state index contributed by atoms with van der Waals surface area (Å²) >= 11 is 1.90. The summed E-state index contributed by atoms with van der Waals surface area (Å²) in [6.07, 6.45) is 5.42. The number of nitrogens with zero attached hydrogens (tertiary/aromatic N) is 1. The van der Waals surface area contributed by atoms with Gasteiger partial charge in [-0.3, -0.25) is 0 Å². The van der Waals surface area contributed by atoms with Gasteiger partial charge in [-0.2, -0.15) is 11.8 Å².